The summed E-state index contributed by atoms with van der Waals surface area (Å²) in [6.07, 6.45) is 1.50. The second kappa shape index (κ2) is 6.71. The highest BCUT2D eigenvalue weighted by Crippen LogP contribution is 2.30. The summed E-state index contributed by atoms with van der Waals surface area (Å²) < 4.78 is 2.85. The minimum absolute atomic E-state index is 0.0619. The molecule has 1 unspecified atom stereocenters. The van der Waals surface area contributed by atoms with Crippen LogP contribution in [-0.4, -0.2) is 9.78 Å². The van der Waals surface area contributed by atoms with Crippen molar-refractivity contribution in [2.75, 3.05) is 0 Å². The molecule has 0 radical (unpaired) electrons. The van der Waals surface area contributed by atoms with E-state index in [0.717, 1.165) is 22.0 Å². The number of hydrogen-bond donors (Lipinski definition) is 1. The van der Waals surface area contributed by atoms with E-state index in [-0.39, 0.29) is 11.6 Å². The predicted octanol–water partition coefficient (Wildman–Crippen LogP) is 5.59. The number of fused-ring (bicyclic) bond motifs is 1. The predicted molar refractivity (Wildman–Crippen MR) is 99.8 cm³/mol. The standard InChI is InChI=1S/C17H15BrCl2N2O/c1-2-11(9-13-14(19)4-3-5-15(13)20)22-16-8-10(18)6-7-12(16)17(23)21-22/h3-8,11H,2,9H2,1H3,(H,21,23). The van der Waals surface area contributed by atoms with E-state index in [1.54, 1.807) is 0 Å². The molecule has 0 bridgehead atoms. The van der Waals surface area contributed by atoms with Gasteiger partial charge in [0.2, 0.25) is 0 Å². The Morgan fingerprint density at radius 3 is 2.57 bits per heavy atom. The number of nitrogens with one attached hydrogen (secondary N) is 1. The topological polar surface area (TPSA) is 37.8 Å². The van der Waals surface area contributed by atoms with E-state index >= 15 is 0 Å². The third-order valence-corrected chi connectivity index (χ3v) is 5.23. The molecule has 0 aliphatic heterocycles. The van der Waals surface area contributed by atoms with E-state index in [2.05, 4.69) is 28.0 Å². The van der Waals surface area contributed by atoms with Gasteiger partial charge in [-0.25, -0.2) is 0 Å². The van der Waals surface area contributed by atoms with Crippen molar-refractivity contribution in [3.05, 3.63) is 66.8 Å². The molecule has 1 heterocycles. The van der Waals surface area contributed by atoms with E-state index in [1.807, 2.05) is 41.1 Å². The molecule has 3 aromatic rings. The first-order valence-corrected chi connectivity index (χ1v) is 8.88. The van der Waals surface area contributed by atoms with Crippen LogP contribution in [-0.2, 0) is 6.42 Å². The van der Waals surface area contributed by atoms with Crippen LogP contribution in [0.3, 0.4) is 0 Å². The fraction of sp³-hybridized carbons (Fsp3) is 0.235. The third kappa shape index (κ3) is 3.21. The Bertz CT molecular complexity index is 896. The Labute approximate surface area is 152 Å². The van der Waals surface area contributed by atoms with Crippen molar-refractivity contribution in [1.82, 2.24) is 9.78 Å². The fourth-order valence-electron chi connectivity index (χ4n) is 2.80. The number of halogens is 3. The Kier molecular flexibility index (Phi) is 4.85. The first-order valence-electron chi connectivity index (χ1n) is 7.34. The fourth-order valence-corrected chi connectivity index (χ4v) is 3.70. The normalized spacial score (nSPS) is 12.7. The van der Waals surface area contributed by atoms with Crippen molar-refractivity contribution in [2.24, 2.45) is 0 Å². The van der Waals surface area contributed by atoms with Crippen molar-refractivity contribution in [2.45, 2.75) is 25.8 Å². The molecule has 2 aromatic carbocycles. The van der Waals surface area contributed by atoms with Gasteiger partial charge in [-0.05, 0) is 48.7 Å². The highest BCUT2D eigenvalue weighted by Gasteiger charge is 2.18. The van der Waals surface area contributed by atoms with E-state index in [9.17, 15) is 4.79 Å². The first-order chi connectivity index (χ1) is 11.0. The van der Waals surface area contributed by atoms with Gasteiger partial charge < -0.3 is 0 Å². The molecular formula is C17H15BrCl2N2O. The zero-order chi connectivity index (χ0) is 16.6. The van der Waals surface area contributed by atoms with Gasteiger partial charge >= 0.3 is 0 Å². The van der Waals surface area contributed by atoms with E-state index in [4.69, 9.17) is 23.2 Å². The number of aromatic amines is 1. The molecule has 6 heteroatoms. The van der Waals surface area contributed by atoms with Crippen molar-refractivity contribution < 1.29 is 0 Å². The Hall–Kier alpha value is -1.23. The number of H-pyrrole nitrogens is 1. The van der Waals surface area contributed by atoms with Crippen LogP contribution in [0.2, 0.25) is 10.0 Å². The maximum atomic E-state index is 12.2. The zero-order valence-electron chi connectivity index (χ0n) is 12.4. The molecule has 120 valence electrons. The summed E-state index contributed by atoms with van der Waals surface area (Å²) in [6, 6.07) is 11.2. The average Bonchev–Trinajstić information content (AvgIpc) is 2.83. The molecule has 1 aromatic heterocycles. The van der Waals surface area contributed by atoms with Crippen LogP contribution in [0.1, 0.15) is 24.9 Å². The molecule has 1 N–H and O–H groups in total. The van der Waals surface area contributed by atoms with Gasteiger partial charge in [0.1, 0.15) is 0 Å². The van der Waals surface area contributed by atoms with Gasteiger partial charge in [0.25, 0.3) is 5.56 Å². The summed E-state index contributed by atoms with van der Waals surface area (Å²) in [6.45, 7) is 2.08. The lowest BCUT2D eigenvalue weighted by Gasteiger charge is -2.19. The molecule has 0 saturated heterocycles. The van der Waals surface area contributed by atoms with Gasteiger partial charge in [0.05, 0.1) is 16.9 Å². The van der Waals surface area contributed by atoms with E-state index in [0.29, 0.717) is 21.9 Å². The summed E-state index contributed by atoms with van der Waals surface area (Å²) in [5.41, 5.74) is 1.69. The van der Waals surface area contributed by atoms with Crippen LogP contribution in [0.15, 0.2) is 45.7 Å². The lowest BCUT2D eigenvalue weighted by molar-refractivity contribution is 0.449. The summed E-state index contributed by atoms with van der Waals surface area (Å²) >= 11 is 16.1. The molecule has 0 aliphatic rings. The first kappa shape index (κ1) is 16.6. The van der Waals surface area contributed by atoms with E-state index in [1.165, 1.54) is 0 Å². The smallest absolute Gasteiger partial charge is 0.271 e. The van der Waals surface area contributed by atoms with Crippen LogP contribution in [0.5, 0.6) is 0 Å². The summed E-state index contributed by atoms with van der Waals surface area (Å²) in [5.74, 6) is 0. The minimum atomic E-state index is -0.0868. The Morgan fingerprint density at radius 1 is 1.22 bits per heavy atom. The Balaban J connectivity index is 2.08. The lowest BCUT2D eigenvalue weighted by atomic mass is 10.0. The third-order valence-electron chi connectivity index (χ3n) is 4.02. The number of nitrogens with zero attached hydrogens (tertiary/aromatic N) is 1. The van der Waals surface area contributed by atoms with Crippen molar-refractivity contribution in [3.8, 4) is 0 Å². The molecule has 0 aliphatic carbocycles. The van der Waals surface area contributed by atoms with Gasteiger partial charge in [-0.3, -0.25) is 14.6 Å². The van der Waals surface area contributed by atoms with Gasteiger partial charge in [-0.2, -0.15) is 0 Å². The highest BCUT2D eigenvalue weighted by atomic mass is 79.9. The molecule has 0 spiro atoms. The molecular weight excluding hydrogens is 399 g/mol. The maximum Gasteiger partial charge on any atom is 0.271 e. The van der Waals surface area contributed by atoms with Gasteiger partial charge in [0, 0.05) is 14.5 Å². The van der Waals surface area contributed by atoms with E-state index < -0.39 is 0 Å². The van der Waals surface area contributed by atoms with Crippen LogP contribution >= 0.6 is 39.1 Å². The van der Waals surface area contributed by atoms with Crippen molar-refractivity contribution in [1.29, 1.82) is 0 Å². The molecule has 0 saturated carbocycles. The molecule has 0 amide bonds. The second-order valence-corrected chi connectivity index (χ2v) is 7.17. The van der Waals surface area contributed by atoms with Gasteiger partial charge in [-0.1, -0.05) is 52.1 Å². The minimum Gasteiger partial charge on any atom is -0.281 e. The lowest BCUT2D eigenvalue weighted by Crippen LogP contribution is -2.15. The molecule has 23 heavy (non-hydrogen) atoms. The van der Waals surface area contributed by atoms with Crippen LogP contribution in [0, 0.1) is 0 Å². The molecule has 3 nitrogen and oxygen atoms in total. The second-order valence-electron chi connectivity index (χ2n) is 5.44. The number of aromatic nitrogens is 2. The van der Waals surface area contributed by atoms with Gasteiger partial charge in [0.15, 0.2) is 0 Å². The molecule has 3 rings (SSSR count). The summed E-state index contributed by atoms with van der Waals surface area (Å²) in [7, 11) is 0. The summed E-state index contributed by atoms with van der Waals surface area (Å²) in [4.78, 5) is 12.2. The molecule has 1 atom stereocenters. The van der Waals surface area contributed by atoms with Crippen molar-refractivity contribution in [3.63, 3.8) is 0 Å². The zero-order valence-corrected chi connectivity index (χ0v) is 15.5. The number of benzene rings is 2. The monoisotopic (exact) mass is 412 g/mol. The SMILES string of the molecule is CCC(Cc1c(Cl)cccc1Cl)n1[nH]c(=O)c2ccc(Br)cc21. The number of hydrogen-bond acceptors (Lipinski definition) is 1. The van der Waals surface area contributed by atoms with Crippen LogP contribution in [0.25, 0.3) is 10.9 Å². The Morgan fingerprint density at radius 2 is 1.91 bits per heavy atom. The average molecular weight is 414 g/mol. The van der Waals surface area contributed by atoms with Gasteiger partial charge in [-0.15, -0.1) is 0 Å². The highest BCUT2D eigenvalue weighted by molar-refractivity contribution is 9.10. The molecule has 0 fully saturated rings. The largest absolute Gasteiger partial charge is 0.281 e. The maximum absolute atomic E-state index is 12.2. The van der Waals surface area contributed by atoms with Crippen LogP contribution in [0.4, 0.5) is 0 Å². The van der Waals surface area contributed by atoms with Crippen molar-refractivity contribution >= 4 is 50.0 Å². The quantitative estimate of drug-likeness (QED) is 0.594. The van der Waals surface area contributed by atoms with Crippen LogP contribution < -0.4 is 5.56 Å². The number of rotatable bonds is 4. The summed E-state index contributed by atoms with van der Waals surface area (Å²) in [5, 5.41) is 4.92.